The number of unbranched alkanes of at least 4 members (excludes halogenated alkanes) is 1. The Labute approximate surface area is 118 Å². The van der Waals surface area contributed by atoms with Gasteiger partial charge in [0.05, 0.1) is 7.11 Å². The van der Waals surface area contributed by atoms with Gasteiger partial charge in [0.1, 0.15) is 5.75 Å². The Morgan fingerprint density at radius 2 is 1.95 bits per heavy atom. The minimum Gasteiger partial charge on any atom is -0.497 e. The van der Waals surface area contributed by atoms with E-state index >= 15 is 0 Å². The highest BCUT2D eigenvalue weighted by Crippen LogP contribution is 2.17. The lowest BCUT2D eigenvalue weighted by Gasteiger charge is -2.06. The molecule has 0 saturated heterocycles. The lowest BCUT2D eigenvalue weighted by molar-refractivity contribution is 0.414. The van der Waals surface area contributed by atoms with Crippen molar-refractivity contribution in [2.24, 2.45) is 0 Å². The van der Waals surface area contributed by atoms with Crippen molar-refractivity contribution in [1.82, 2.24) is 0 Å². The van der Waals surface area contributed by atoms with Crippen LogP contribution in [0.15, 0.2) is 48.1 Å². The molecule has 0 aromatic heterocycles. The predicted octanol–water partition coefficient (Wildman–Crippen LogP) is 5.32. The van der Waals surface area contributed by atoms with Gasteiger partial charge in [0.2, 0.25) is 0 Å². The second-order valence-corrected chi connectivity index (χ2v) is 5.13. The van der Waals surface area contributed by atoms with Crippen molar-refractivity contribution < 1.29 is 4.74 Å². The summed E-state index contributed by atoms with van der Waals surface area (Å²) < 4.78 is 5.16. The first-order valence-corrected chi connectivity index (χ1v) is 7.11. The van der Waals surface area contributed by atoms with Crippen molar-refractivity contribution in [3.8, 4) is 5.75 Å². The van der Waals surface area contributed by atoms with E-state index in [1.807, 2.05) is 12.1 Å². The molecule has 1 rings (SSSR count). The summed E-state index contributed by atoms with van der Waals surface area (Å²) in [5, 5.41) is 0. The van der Waals surface area contributed by atoms with Crippen molar-refractivity contribution in [2.45, 2.75) is 46.0 Å². The molecule has 0 aliphatic heterocycles. The van der Waals surface area contributed by atoms with E-state index in [0.717, 1.165) is 25.0 Å². The maximum absolute atomic E-state index is 5.16. The molecule has 1 nitrogen and oxygen atoms in total. The smallest absolute Gasteiger partial charge is 0.118 e. The van der Waals surface area contributed by atoms with Gasteiger partial charge < -0.3 is 4.74 Å². The molecule has 19 heavy (non-hydrogen) atoms. The molecule has 0 radical (unpaired) electrons. The Hall–Kier alpha value is -1.50. The van der Waals surface area contributed by atoms with E-state index < -0.39 is 0 Å². The van der Waals surface area contributed by atoms with Crippen LogP contribution in [0, 0.1) is 0 Å². The molecule has 0 heterocycles. The molecule has 0 atom stereocenters. The molecule has 0 saturated carbocycles. The van der Waals surface area contributed by atoms with Crippen molar-refractivity contribution in [2.75, 3.05) is 7.11 Å². The Balaban J connectivity index is 2.43. The van der Waals surface area contributed by atoms with Crippen molar-refractivity contribution in [1.29, 1.82) is 0 Å². The molecule has 0 N–H and O–H groups in total. The number of methoxy groups -OCH3 is 1. The summed E-state index contributed by atoms with van der Waals surface area (Å²) in [5.74, 6) is 0.914. The average Bonchev–Trinajstić information content (AvgIpc) is 2.43. The molecule has 0 amide bonds. The van der Waals surface area contributed by atoms with Gasteiger partial charge in [-0.3, -0.25) is 0 Å². The molecule has 0 aliphatic rings. The Morgan fingerprint density at radius 3 is 2.53 bits per heavy atom. The Bertz CT molecular complexity index is 412. The number of hydrogen-bond acceptors (Lipinski definition) is 1. The van der Waals surface area contributed by atoms with Crippen LogP contribution in [-0.2, 0) is 6.42 Å². The summed E-state index contributed by atoms with van der Waals surface area (Å²) in [7, 11) is 1.70. The predicted molar refractivity (Wildman–Crippen MR) is 83.7 cm³/mol. The molecule has 104 valence electrons. The fraction of sp³-hybridized carbons (Fsp3) is 0.444. The van der Waals surface area contributed by atoms with E-state index in [-0.39, 0.29) is 0 Å². The lowest BCUT2D eigenvalue weighted by Crippen LogP contribution is -1.88. The van der Waals surface area contributed by atoms with E-state index in [4.69, 9.17) is 4.74 Å². The average molecular weight is 258 g/mol. The fourth-order valence-electron chi connectivity index (χ4n) is 2.04. The van der Waals surface area contributed by atoms with Gasteiger partial charge in [-0.1, -0.05) is 49.3 Å². The van der Waals surface area contributed by atoms with Gasteiger partial charge in [0, 0.05) is 0 Å². The summed E-state index contributed by atoms with van der Waals surface area (Å²) in [4.78, 5) is 0. The SMILES string of the molecule is C=C(CCCC)C/C(C)=C\Cc1ccc(OC)cc1. The summed E-state index contributed by atoms with van der Waals surface area (Å²) in [6.45, 7) is 8.57. The maximum Gasteiger partial charge on any atom is 0.118 e. The van der Waals surface area contributed by atoms with E-state index in [0.29, 0.717) is 0 Å². The van der Waals surface area contributed by atoms with Crippen LogP contribution in [0.1, 0.15) is 45.1 Å². The molecule has 1 heteroatoms. The van der Waals surface area contributed by atoms with Gasteiger partial charge in [-0.25, -0.2) is 0 Å². The first kappa shape index (κ1) is 15.6. The highest BCUT2D eigenvalue weighted by Gasteiger charge is 1.97. The highest BCUT2D eigenvalue weighted by atomic mass is 16.5. The van der Waals surface area contributed by atoms with Crippen LogP contribution < -0.4 is 4.74 Å². The molecule has 1 aromatic rings. The van der Waals surface area contributed by atoms with Crippen LogP contribution in [0.25, 0.3) is 0 Å². The standard InChI is InChI=1S/C18H26O/c1-5-6-7-15(2)14-16(3)8-9-17-10-12-18(19-4)13-11-17/h8,10-13H,2,5-7,9,14H2,1,3-4H3/b16-8-. The summed E-state index contributed by atoms with van der Waals surface area (Å²) in [6, 6.07) is 8.26. The van der Waals surface area contributed by atoms with Crippen molar-refractivity contribution in [3.05, 3.63) is 53.6 Å². The first-order chi connectivity index (χ1) is 9.15. The van der Waals surface area contributed by atoms with Crippen LogP contribution in [0.3, 0.4) is 0 Å². The van der Waals surface area contributed by atoms with Gasteiger partial charge in [0.25, 0.3) is 0 Å². The molecule has 0 aliphatic carbocycles. The second-order valence-electron chi connectivity index (χ2n) is 5.13. The molecule has 0 spiro atoms. The van der Waals surface area contributed by atoms with Gasteiger partial charge in [-0.05, 0) is 50.3 Å². The van der Waals surface area contributed by atoms with Gasteiger partial charge in [0.15, 0.2) is 0 Å². The zero-order chi connectivity index (χ0) is 14.1. The molecule has 0 bridgehead atoms. The van der Waals surface area contributed by atoms with Crippen LogP contribution in [0.2, 0.25) is 0 Å². The van der Waals surface area contributed by atoms with Crippen LogP contribution in [0.5, 0.6) is 5.75 Å². The highest BCUT2D eigenvalue weighted by molar-refractivity contribution is 5.29. The third-order valence-electron chi connectivity index (χ3n) is 3.26. The number of allylic oxidation sites excluding steroid dienone is 3. The molecular weight excluding hydrogens is 232 g/mol. The van der Waals surface area contributed by atoms with Crippen molar-refractivity contribution in [3.63, 3.8) is 0 Å². The first-order valence-electron chi connectivity index (χ1n) is 7.11. The maximum atomic E-state index is 5.16. The van der Waals surface area contributed by atoms with Crippen molar-refractivity contribution >= 4 is 0 Å². The zero-order valence-corrected chi connectivity index (χ0v) is 12.5. The third kappa shape index (κ3) is 6.28. The van der Waals surface area contributed by atoms with Crippen LogP contribution >= 0.6 is 0 Å². The minimum absolute atomic E-state index is 0.914. The number of benzene rings is 1. The molecule has 0 fully saturated rings. The number of rotatable bonds is 8. The normalized spacial score (nSPS) is 11.4. The van der Waals surface area contributed by atoms with E-state index in [1.54, 1.807) is 7.11 Å². The lowest BCUT2D eigenvalue weighted by atomic mass is 10.0. The van der Waals surface area contributed by atoms with Gasteiger partial charge in [-0.15, -0.1) is 0 Å². The Kier molecular flexibility index (Phi) is 7.02. The second kappa shape index (κ2) is 8.58. The summed E-state index contributed by atoms with van der Waals surface area (Å²) >= 11 is 0. The molecule has 0 unspecified atom stereocenters. The summed E-state index contributed by atoms with van der Waals surface area (Å²) in [6.07, 6.45) is 7.98. The van der Waals surface area contributed by atoms with E-state index in [9.17, 15) is 0 Å². The minimum atomic E-state index is 0.914. The fourth-order valence-corrected chi connectivity index (χ4v) is 2.04. The monoisotopic (exact) mass is 258 g/mol. The molecular formula is C18H26O. The quantitative estimate of drug-likeness (QED) is 0.573. The van der Waals surface area contributed by atoms with E-state index in [1.165, 1.54) is 29.6 Å². The van der Waals surface area contributed by atoms with Gasteiger partial charge in [-0.2, -0.15) is 0 Å². The van der Waals surface area contributed by atoms with Crippen LogP contribution in [-0.4, -0.2) is 7.11 Å². The Morgan fingerprint density at radius 1 is 1.26 bits per heavy atom. The third-order valence-corrected chi connectivity index (χ3v) is 3.26. The van der Waals surface area contributed by atoms with E-state index in [2.05, 4.69) is 38.6 Å². The summed E-state index contributed by atoms with van der Waals surface area (Å²) in [5.41, 5.74) is 4.08. The number of hydrogen-bond donors (Lipinski definition) is 0. The van der Waals surface area contributed by atoms with Crippen LogP contribution in [0.4, 0.5) is 0 Å². The molecule has 1 aromatic carbocycles. The van der Waals surface area contributed by atoms with Gasteiger partial charge >= 0.3 is 0 Å². The largest absolute Gasteiger partial charge is 0.497 e. The topological polar surface area (TPSA) is 9.23 Å². The zero-order valence-electron chi connectivity index (χ0n) is 12.5. The number of ether oxygens (including phenoxy) is 1.